The summed E-state index contributed by atoms with van der Waals surface area (Å²) in [6.07, 6.45) is 0. The van der Waals surface area contributed by atoms with Gasteiger partial charge in [0.05, 0.1) is 0 Å². The van der Waals surface area contributed by atoms with Crippen LogP contribution in [0.5, 0.6) is 0 Å². The van der Waals surface area contributed by atoms with E-state index in [0.717, 1.165) is 0 Å². The van der Waals surface area contributed by atoms with Gasteiger partial charge in [-0.15, -0.1) is 0 Å². The van der Waals surface area contributed by atoms with Crippen molar-refractivity contribution < 1.29 is 26.7 Å². The maximum absolute atomic E-state index is 8.52. The fourth-order valence-corrected chi connectivity index (χ4v) is 0. The molecule has 0 radical (unpaired) electrons. The maximum atomic E-state index is 8.52. The second-order valence-electron chi connectivity index (χ2n) is 0.189. The summed E-state index contributed by atoms with van der Waals surface area (Å²) in [6.45, 7) is 0. The molecule has 0 saturated carbocycles. The Morgan fingerprint density at radius 1 is 1.40 bits per heavy atom. The van der Waals surface area contributed by atoms with Crippen molar-refractivity contribution in [2.24, 2.45) is 0 Å². The van der Waals surface area contributed by atoms with Crippen molar-refractivity contribution in [2.45, 2.75) is 0 Å². The van der Waals surface area contributed by atoms with Crippen LogP contribution in [-0.2, 0) is 18.3 Å². The van der Waals surface area contributed by atoms with Gasteiger partial charge >= 0.3 is 64.4 Å². The molecular weight excluding hydrogens is 143 g/mol. The Balaban J connectivity index is 0. The van der Waals surface area contributed by atoms with Gasteiger partial charge in [0.2, 0.25) is 0 Å². The zero-order valence-electron chi connectivity index (χ0n) is 2.31. The van der Waals surface area contributed by atoms with Crippen molar-refractivity contribution in [1.82, 2.24) is 0 Å². The van der Waals surface area contributed by atoms with E-state index in [9.17, 15) is 0 Å². The molecule has 0 aliphatic carbocycles. The molecule has 0 aromatic carbocycles. The van der Waals surface area contributed by atoms with Crippen LogP contribution in [0.4, 0.5) is 0 Å². The van der Waals surface area contributed by atoms with E-state index in [-0.39, 0.29) is 37.7 Å². The van der Waals surface area contributed by atoms with E-state index < -0.39 is 14.5 Å². The molecule has 0 fully saturated rings. The van der Waals surface area contributed by atoms with Crippen LogP contribution < -0.4 is 8.38 Å². The summed E-state index contributed by atoms with van der Waals surface area (Å²) in [5.74, 6) is 0. The Hall–Kier alpha value is 1.50. The Labute approximate surface area is 63.7 Å². The Morgan fingerprint density at radius 2 is 1.40 bits per heavy atom. The first-order chi connectivity index (χ1) is 1.73. The van der Waals surface area contributed by atoms with Crippen LogP contribution in [-0.4, -0.2) is 37.7 Å². The van der Waals surface area contributed by atoms with E-state index in [4.69, 9.17) is 12.2 Å². The van der Waals surface area contributed by atoms with Crippen LogP contribution in [0.3, 0.4) is 0 Å². The monoisotopic (exact) mass is 143 g/mol. The molecule has 0 N–H and O–H groups in total. The molecule has 0 aromatic heterocycles. The molecule has 0 rings (SSSR count). The quantitative estimate of drug-likeness (QED) is 0.342. The summed E-state index contributed by atoms with van der Waals surface area (Å²) in [4.78, 5) is 0. The van der Waals surface area contributed by atoms with Crippen LogP contribution in [0.2, 0.25) is 0 Å². The van der Waals surface area contributed by atoms with Crippen molar-refractivity contribution in [2.75, 3.05) is 0 Å². The SMILES string of the molecule is [Ca+2].[O]=[Mn]([O-])[O-]. The van der Waals surface area contributed by atoms with Gasteiger partial charge in [-0.05, 0) is 0 Å². The third-order valence-electron chi connectivity index (χ3n) is 0. The van der Waals surface area contributed by atoms with Gasteiger partial charge < -0.3 is 0 Å². The molecule has 0 saturated heterocycles. The van der Waals surface area contributed by atoms with Crippen molar-refractivity contribution in [1.29, 1.82) is 0 Å². The molecule has 0 aliphatic heterocycles. The fourth-order valence-electron chi connectivity index (χ4n) is 0. The standard InChI is InChI=1S/Ca.Mn.3O/q+2;;;2*-1. The molecule has 5 heavy (non-hydrogen) atoms. The molecule has 0 amide bonds. The zero-order chi connectivity index (χ0) is 3.58. The third-order valence-corrected chi connectivity index (χ3v) is 0. The van der Waals surface area contributed by atoms with Gasteiger partial charge in [0.25, 0.3) is 0 Å². The minimum atomic E-state index is -3.65. The van der Waals surface area contributed by atoms with Crippen LogP contribution in [0.1, 0.15) is 0 Å². The van der Waals surface area contributed by atoms with Crippen LogP contribution in [0.25, 0.3) is 0 Å². The Bertz CT molecular complexity index is 29.9. The number of hydrogen-bond donors (Lipinski definition) is 0. The van der Waals surface area contributed by atoms with E-state index in [1.54, 1.807) is 0 Å². The van der Waals surface area contributed by atoms with E-state index in [0.29, 0.717) is 0 Å². The topological polar surface area (TPSA) is 63.2 Å². The van der Waals surface area contributed by atoms with Gasteiger partial charge in [-0.25, -0.2) is 0 Å². The Kier molecular flexibility index (Phi) is 10.7. The van der Waals surface area contributed by atoms with E-state index in [2.05, 4.69) is 0 Å². The van der Waals surface area contributed by atoms with Gasteiger partial charge in [-0.3, -0.25) is 0 Å². The molecule has 27 valence electrons. The summed E-state index contributed by atoms with van der Waals surface area (Å²) in [7, 11) is 0. The third kappa shape index (κ3) is 30.0. The van der Waals surface area contributed by atoms with Crippen molar-refractivity contribution >= 4 is 37.7 Å². The number of rotatable bonds is 0. The molecule has 0 bridgehead atoms. The molecule has 5 heteroatoms. The Morgan fingerprint density at radius 3 is 1.40 bits per heavy atom. The molecule has 0 atom stereocenters. The average Bonchev–Trinajstić information content (AvgIpc) is 0.811. The van der Waals surface area contributed by atoms with Gasteiger partial charge in [0.1, 0.15) is 0 Å². The molecule has 0 aliphatic rings. The fraction of sp³-hybridized carbons (Fsp3) is 0. The predicted molar refractivity (Wildman–Crippen MR) is 6.44 cm³/mol. The van der Waals surface area contributed by atoms with Gasteiger partial charge in [-0.2, -0.15) is 0 Å². The first-order valence-electron chi connectivity index (χ1n) is 0.463. The summed E-state index contributed by atoms with van der Waals surface area (Å²) < 4.78 is 25.6. The zero-order valence-corrected chi connectivity index (χ0v) is 5.70. The normalized spacial score (nSPS) is 7.00. The molecule has 3 nitrogen and oxygen atoms in total. The van der Waals surface area contributed by atoms with Gasteiger partial charge in [0, 0.05) is 0 Å². The first-order valence-corrected chi connectivity index (χ1v) is 1.91. The van der Waals surface area contributed by atoms with Crippen LogP contribution in [0, 0.1) is 0 Å². The predicted octanol–water partition coefficient (Wildman–Crippen LogP) is -2.88. The summed E-state index contributed by atoms with van der Waals surface area (Å²) >= 11 is -3.65. The van der Waals surface area contributed by atoms with E-state index in [1.807, 2.05) is 0 Å². The second-order valence-corrected chi connectivity index (χ2v) is 0.779. The summed E-state index contributed by atoms with van der Waals surface area (Å²) in [6, 6.07) is 0. The van der Waals surface area contributed by atoms with E-state index in [1.165, 1.54) is 0 Å². The summed E-state index contributed by atoms with van der Waals surface area (Å²) in [5, 5.41) is 0. The van der Waals surface area contributed by atoms with Crippen molar-refractivity contribution in [3.8, 4) is 0 Å². The van der Waals surface area contributed by atoms with Crippen LogP contribution >= 0.6 is 0 Å². The molecule has 0 spiro atoms. The summed E-state index contributed by atoms with van der Waals surface area (Å²) in [5.41, 5.74) is 0. The molecule has 0 unspecified atom stereocenters. The van der Waals surface area contributed by atoms with Crippen molar-refractivity contribution in [3.05, 3.63) is 0 Å². The van der Waals surface area contributed by atoms with Crippen molar-refractivity contribution in [3.63, 3.8) is 0 Å². The van der Waals surface area contributed by atoms with Gasteiger partial charge in [0.15, 0.2) is 0 Å². The molecular formula is CaMnO3. The van der Waals surface area contributed by atoms with E-state index >= 15 is 0 Å². The minimum absolute atomic E-state index is 0. The average molecular weight is 143 g/mol. The molecule has 0 aromatic rings. The van der Waals surface area contributed by atoms with Gasteiger partial charge in [-0.1, -0.05) is 0 Å². The number of hydrogen-bond acceptors (Lipinski definition) is 3. The van der Waals surface area contributed by atoms with Crippen LogP contribution in [0.15, 0.2) is 0 Å². The first kappa shape index (κ1) is 9.71. The second kappa shape index (κ2) is 5.50. The molecule has 0 heterocycles.